The zero-order valence-corrected chi connectivity index (χ0v) is 21.7. The van der Waals surface area contributed by atoms with Crippen molar-refractivity contribution in [2.24, 2.45) is 0 Å². The smallest absolute Gasteiger partial charge is 0.289 e. The van der Waals surface area contributed by atoms with Gasteiger partial charge in [-0.15, -0.1) is 0 Å². The van der Waals surface area contributed by atoms with Crippen LogP contribution in [0.5, 0.6) is 0 Å². The molecule has 0 saturated carbocycles. The molecule has 200 valence electrons. The predicted octanol–water partition coefficient (Wildman–Crippen LogP) is 3.42. The third-order valence-electron chi connectivity index (χ3n) is 6.39. The van der Waals surface area contributed by atoms with Crippen molar-refractivity contribution in [1.29, 1.82) is 0 Å². The maximum absolute atomic E-state index is 12.3. The molecule has 0 bridgehead atoms. The summed E-state index contributed by atoms with van der Waals surface area (Å²) in [6.07, 6.45) is 0. The van der Waals surface area contributed by atoms with Crippen LogP contribution in [-0.2, 0) is 20.2 Å². The molecule has 0 radical (unpaired) electrons. The molecule has 2 aliphatic carbocycles. The Morgan fingerprint density at radius 1 is 0.375 bits per heavy atom. The maximum Gasteiger partial charge on any atom is 0.294 e. The Labute approximate surface area is 227 Å². The van der Waals surface area contributed by atoms with Gasteiger partial charge in [-0.2, -0.15) is 16.8 Å². The summed E-state index contributed by atoms with van der Waals surface area (Å²) in [5, 5.41) is 0. The van der Waals surface area contributed by atoms with E-state index < -0.39 is 41.6 Å². The average Bonchev–Trinajstić information content (AvgIpc) is 2.93. The Bertz CT molecular complexity index is 1880. The Balaban J connectivity index is 0.000000161. The van der Waals surface area contributed by atoms with Gasteiger partial charge in [0.1, 0.15) is 0 Å². The van der Waals surface area contributed by atoms with E-state index in [1.54, 1.807) is 36.4 Å². The average molecular weight is 577 g/mol. The second-order valence-electron chi connectivity index (χ2n) is 8.77. The van der Waals surface area contributed by atoms with E-state index in [4.69, 9.17) is 9.11 Å². The lowest BCUT2D eigenvalue weighted by Gasteiger charge is -2.17. The van der Waals surface area contributed by atoms with Gasteiger partial charge in [0.2, 0.25) is 0 Å². The van der Waals surface area contributed by atoms with Gasteiger partial charge in [-0.1, -0.05) is 48.5 Å². The van der Waals surface area contributed by atoms with E-state index in [0.717, 1.165) is 24.3 Å². The van der Waals surface area contributed by atoms with Crippen molar-refractivity contribution in [3.63, 3.8) is 0 Å². The zero-order chi connectivity index (χ0) is 29.0. The number of hydrogen-bond acceptors (Lipinski definition) is 8. The Morgan fingerprint density at radius 3 is 0.900 bits per heavy atom. The quantitative estimate of drug-likeness (QED) is 0.290. The molecule has 6 rings (SSSR count). The van der Waals surface area contributed by atoms with Gasteiger partial charge in [0, 0.05) is 44.5 Å². The lowest BCUT2D eigenvalue weighted by molar-refractivity contribution is 0.0979. The minimum atomic E-state index is -4.42. The van der Waals surface area contributed by atoms with E-state index in [1.165, 1.54) is 24.3 Å². The number of rotatable bonds is 2. The molecule has 0 fully saturated rings. The van der Waals surface area contributed by atoms with Crippen molar-refractivity contribution < 1.29 is 45.1 Å². The molecule has 0 aliphatic heterocycles. The topological polar surface area (TPSA) is 177 Å². The number of carbonyl (C=O) groups is 4. The molecular weight excluding hydrogens is 560 g/mol. The van der Waals surface area contributed by atoms with Gasteiger partial charge in [0.15, 0.2) is 23.1 Å². The van der Waals surface area contributed by atoms with Crippen LogP contribution in [0.15, 0.2) is 94.7 Å². The van der Waals surface area contributed by atoms with Gasteiger partial charge in [-0.25, -0.2) is 0 Å². The van der Waals surface area contributed by atoms with Crippen LogP contribution in [0.2, 0.25) is 0 Å². The summed E-state index contributed by atoms with van der Waals surface area (Å²) in [7, 11) is -8.84. The molecule has 0 heterocycles. The maximum atomic E-state index is 12.3. The first-order valence-electron chi connectivity index (χ1n) is 11.4. The molecule has 0 atom stereocenters. The van der Waals surface area contributed by atoms with Crippen LogP contribution in [0, 0.1) is 0 Å². The van der Waals surface area contributed by atoms with Crippen LogP contribution in [0.4, 0.5) is 0 Å². The molecule has 0 spiro atoms. The van der Waals surface area contributed by atoms with Gasteiger partial charge in [-0.05, 0) is 36.4 Å². The third-order valence-corrected chi connectivity index (χ3v) is 8.09. The van der Waals surface area contributed by atoms with Crippen molar-refractivity contribution in [2.45, 2.75) is 9.79 Å². The molecule has 0 aromatic heterocycles. The van der Waals surface area contributed by atoms with Gasteiger partial charge in [-0.3, -0.25) is 28.3 Å². The molecule has 4 aromatic carbocycles. The Kier molecular flexibility index (Phi) is 6.43. The van der Waals surface area contributed by atoms with E-state index in [-0.39, 0.29) is 44.9 Å². The Hall–Kier alpha value is -4.62. The van der Waals surface area contributed by atoms with Gasteiger partial charge in [0.05, 0.1) is 9.79 Å². The van der Waals surface area contributed by atoms with Crippen molar-refractivity contribution in [1.82, 2.24) is 0 Å². The fraction of sp³-hybridized carbons (Fsp3) is 0. The highest BCUT2D eigenvalue weighted by atomic mass is 32.2. The highest BCUT2D eigenvalue weighted by Crippen LogP contribution is 2.30. The van der Waals surface area contributed by atoms with E-state index in [9.17, 15) is 36.0 Å². The lowest BCUT2D eigenvalue weighted by atomic mass is 9.84. The minimum Gasteiger partial charge on any atom is -0.289 e. The molecule has 0 unspecified atom stereocenters. The highest BCUT2D eigenvalue weighted by molar-refractivity contribution is 7.86. The molecular formula is C28H16O10S2. The molecule has 10 nitrogen and oxygen atoms in total. The summed E-state index contributed by atoms with van der Waals surface area (Å²) in [5.74, 6) is -1.53. The van der Waals surface area contributed by atoms with E-state index >= 15 is 0 Å². The van der Waals surface area contributed by atoms with Gasteiger partial charge in [0.25, 0.3) is 20.2 Å². The summed E-state index contributed by atoms with van der Waals surface area (Å²) >= 11 is 0. The number of ketones is 4. The number of fused-ring (bicyclic) bond motifs is 4. The predicted molar refractivity (Wildman–Crippen MR) is 139 cm³/mol. The second kappa shape index (κ2) is 9.54. The summed E-state index contributed by atoms with van der Waals surface area (Å²) in [5.41, 5.74) is 1.32. The van der Waals surface area contributed by atoms with Crippen LogP contribution < -0.4 is 0 Å². The first-order chi connectivity index (χ1) is 18.8. The summed E-state index contributed by atoms with van der Waals surface area (Å²) in [6, 6.07) is 19.4. The first-order valence-corrected chi connectivity index (χ1v) is 14.3. The van der Waals surface area contributed by atoms with Crippen LogP contribution in [-0.4, -0.2) is 49.1 Å². The molecule has 2 aliphatic rings. The van der Waals surface area contributed by atoms with Crippen molar-refractivity contribution in [3.05, 3.63) is 129 Å². The summed E-state index contributed by atoms with van der Waals surface area (Å²) in [6.45, 7) is 0. The summed E-state index contributed by atoms with van der Waals surface area (Å²) in [4.78, 5) is 48.3. The molecule has 2 N–H and O–H groups in total. The van der Waals surface area contributed by atoms with Gasteiger partial charge >= 0.3 is 0 Å². The zero-order valence-electron chi connectivity index (χ0n) is 20.1. The normalized spacial score (nSPS) is 13.8. The Morgan fingerprint density at radius 2 is 0.625 bits per heavy atom. The van der Waals surface area contributed by atoms with Gasteiger partial charge < -0.3 is 0 Å². The fourth-order valence-electron chi connectivity index (χ4n) is 4.48. The van der Waals surface area contributed by atoms with E-state index in [0.29, 0.717) is 11.1 Å². The van der Waals surface area contributed by atoms with E-state index in [1.807, 2.05) is 0 Å². The van der Waals surface area contributed by atoms with E-state index in [2.05, 4.69) is 0 Å². The van der Waals surface area contributed by atoms with Crippen LogP contribution in [0.25, 0.3) is 0 Å². The number of hydrogen-bond donors (Lipinski definition) is 2. The highest BCUT2D eigenvalue weighted by Gasteiger charge is 2.31. The van der Waals surface area contributed by atoms with Crippen molar-refractivity contribution in [3.8, 4) is 0 Å². The molecule has 40 heavy (non-hydrogen) atoms. The number of benzene rings is 4. The first kappa shape index (κ1) is 27.0. The second-order valence-corrected chi connectivity index (χ2v) is 11.6. The SMILES string of the molecule is O=C1c2ccccc2C(=O)c2cc(S(=O)(=O)O)ccc21.O=C1c2ccccc2C(=O)c2cc(S(=O)(=O)O)ccc21. The van der Waals surface area contributed by atoms with Crippen LogP contribution in [0.1, 0.15) is 63.7 Å². The molecule has 4 aromatic rings. The molecule has 12 heteroatoms. The minimum absolute atomic E-state index is 0.0103. The standard InChI is InChI=1S/2C14H8O5S/c2*15-13-9-3-1-2-4-10(9)14(16)12-7-8(20(17,18)19)5-6-11(12)13/h2*1-7H,(H,17,18,19). The fourth-order valence-corrected chi connectivity index (χ4v) is 5.49. The van der Waals surface area contributed by atoms with Crippen LogP contribution in [0.3, 0.4) is 0 Å². The lowest BCUT2D eigenvalue weighted by Crippen LogP contribution is -2.21. The molecule has 0 amide bonds. The number of carbonyl (C=O) groups excluding carboxylic acids is 4. The third kappa shape index (κ3) is 4.58. The summed E-state index contributed by atoms with van der Waals surface area (Å²) < 4.78 is 62.5. The monoisotopic (exact) mass is 576 g/mol. The van der Waals surface area contributed by atoms with Crippen molar-refractivity contribution >= 4 is 43.4 Å². The van der Waals surface area contributed by atoms with Crippen molar-refractivity contribution in [2.75, 3.05) is 0 Å². The molecule has 0 saturated heterocycles. The largest absolute Gasteiger partial charge is 0.294 e. The van der Waals surface area contributed by atoms with Crippen LogP contribution >= 0.6 is 0 Å².